The Balaban J connectivity index is 1.48. The van der Waals surface area contributed by atoms with Crippen molar-refractivity contribution >= 4 is 34.2 Å². The predicted molar refractivity (Wildman–Crippen MR) is 140 cm³/mol. The molecule has 0 unspecified atom stereocenters. The Kier molecular flexibility index (Phi) is 6.86. The van der Waals surface area contributed by atoms with Crippen molar-refractivity contribution in [1.29, 1.82) is 0 Å². The van der Waals surface area contributed by atoms with Gasteiger partial charge in [0.15, 0.2) is 0 Å². The van der Waals surface area contributed by atoms with Crippen molar-refractivity contribution in [2.24, 2.45) is 5.92 Å². The number of hydrogen-bond acceptors (Lipinski definition) is 6. The Labute approximate surface area is 209 Å². The standard InChI is InChI=1S/C28H30N4O4/c1-3-24-18(2)22-15-21(9-10-25(22)36-24)30-28-29-16-23(31-26(33)20-11-13-35-14-12-20)27(34)32(28)17-19-7-5-4-6-8-19/h4-10,15-16,20H,3,11-14,17H2,1-2H3,(H,29,30)(H,31,33). The van der Waals surface area contributed by atoms with Crippen molar-refractivity contribution in [1.82, 2.24) is 9.55 Å². The first-order valence-corrected chi connectivity index (χ1v) is 12.3. The molecule has 0 spiro atoms. The number of nitrogens with zero attached hydrogens (tertiary/aromatic N) is 2. The van der Waals surface area contributed by atoms with Gasteiger partial charge in [0.25, 0.3) is 5.56 Å². The van der Waals surface area contributed by atoms with Crippen molar-refractivity contribution in [3.05, 3.63) is 82.0 Å². The smallest absolute Gasteiger partial charge is 0.279 e. The number of nitrogens with one attached hydrogen (secondary N) is 2. The number of carbonyl (C=O) groups is 1. The Morgan fingerprint density at radius 1 is 1.14 bits per heavy atom. The molecule has 1 aliphatic heterocycles. The van der Waals surface area contributed by atoms with Crippen LogP contribution in [-0.2, 0) is 22.5 Å². The number of aromatic nitrogens is 2. The normalized spacial score (nSPS) is 14.2. The second kappa shape index (κ2) is 10.4. The molecule has 2 aromatic heterocycles. The molecule has 36 heavy (non-hydrogen) atoms. The molecule has 1 fully saturated rings. The van der Waals surface area contributed by atoms with E-state index in [0.717, 1.165) is 40.0 Å². The first-order chi connectivity index (χ1) is 17.5. The Hall–Kier alpha value is -3.91. The van der Waals surface area contributed by atoms with Crippen molar-refractivity contribution in [2.45, 2.75) is 39.7 Å². The highest BCUT2D eigenvalue weighted by Crippen LogP contribution is 2.29. The Morgan fingerprint density at radius 2 is 1.92 bits per heavy atom. The molecular weight excluding hydrogens is 456 g/mol. The van der Waals surface area contributed by atoms with Gasteiger partial charge in [0, 0.05) is 36.6 Å². The maximum atomic E-state index is 13.5. The van der Waals surface area contributed by atoms with Gasteiger partial charge in [0.2, 0.25) is 11.9 Å². The van der Waals surface area contributed by atoms with Crippen molar-refractivity contribution in [2.75, 3.05) is 23.8 Å². The van der Waals surface area contributed by atoms with E-state index in [1.165, 1.54) is 6.20 Å². The van der Waals surface area contributed by atoms with Crippen LogP contribution in [0.2, 0.25) is 0 Å². The van der Waals surface area contributed by atoms with Gasteiger partial charge in [-0.3, -0.25) is 14.2 Å². The summed E-state index contributed by atoms with van der Waals surface area (Å²) in [5, 5.41) is 7.13. The van der Waals surface area contributed by atoms with E-state index in [-0.39, 0.29) is 23.1 Å². The van der Waals surface area contributed by atoms with Crippen molar-refractivity contribution in [3.8, 4) is 0 Å². The number of amides is 1. The highest BCUT2D eigenvalue weighted by molar-refractivity contribution is 5.92. The molecule has 0 bridgehead atoms. The summed E-state index contributed by atoms with van der Waals surface area (Å²) < 4.78 is 12.8. The largest absolute Gasteiger partial charge is 0.461 e. The van der Waals surface area contributed by atoms with Crippen molar-refractivity contribution in [3.63, 3.8) is 0 Å². The van der Waals surface area contributed by atoms with Crippen LogP contribution in [-0.4, -0.2) is 28.7 Å². The summed E-state index contributed by atoms with van der Waals surface area (Å²) in [5.41, 5.74) is 3.53. The summed E-state index contributed by atoms with van der Waals surface area (Å²) in [4.78, 5) is 30.9. The van der Waals surface area contributed by atoms with E-state index in [1.807, 2.05) is 55.5 Å². The summed E-state index contributed by atoms with van der Waals surface area (Å²) in [6, 6.07) is 15.5. The molecule has 1 amide bonds. The molecule has 8 nitrogen and oxygen atoms in total. The number of fused-ring (bicyclic) bond motifs is 1. The fraction of sp³-hybridized carbons (Fsp3) is 0.321. The minimum absolute atomic E-state index is 0.168. The van der Waals surface area contributed by atoms with E-state index in [9.17, 15) is 9.59 Å². The third-order valence-corrected chi connectivity index (χ3v) is 6.69. The van der Waals surface area contributed by atoms with Crippen LogP contribution < -0.4 is 16.2 Å². The van der Waals surface area contributed by atoms with Gasteiger partial charge in [0.05, 0.1) is 12.7 Å². The number of aryl methyl sites for hydroxylation is 2. The van der Waals surface area contributed by atoms with Crippen LogP contribution >= 0.6 is 0 Å². The van der Waals surface area contributed by atoms with Gasteiger partial charge in [0.1, 0.15) is 17.0 Å². The zero-order chi connectivity index (χ0) is 25.1. The van der Waals surface area contributed by atoms with Gasteiger partial charge in [-0.1, -0.05) is 37.3 Å². The maximum absolute atomic E-state index is 13.5. The number of benzene rings is 2. The number of carbonyl (C=O) groups excluding carboxylic acids is 1. The van der Waals surface area contributed by atoms with Crippen LogP contribution in [0.4, 0.5) is 17.3 Å². The minimum Gasteiger partial charge on any atom is -0.461 e. The van der Waals surface area contributed by atoms with Crippen LogP contribution in [0, 0.1) is 12.8 Å². The molecule has 4 aromatic rings. The first kappa shape index (κ1) is 23.8. The van der Waals surface area contributed by atoms with Crippen LogP contribution in [0.5, 0.6) is 0 Å². The lowest BCUT2D eigenvalue weighted by atomic mass is 9.99. The molecule has 0 radical (unpaired) electrons. The van der Waals surface area contributed by atoms with Crippen molar-refractivity contribution < 1.29 is 13.9 Å². The van der Waals surface area contributed by atoms with Crippen LogP contribution in [0.15, 0.2) is 63.9 Å². The van der Waals surface area contributed by atoms with Gasteiger partial charge >= 0.3 is 0 Å². The van der Waals surface area contributed by atoms with E-state index in [0.29, 0.717) is 38.5 Å². The van der Waals surface area contributed by atoms with Gasteiger partial charge in [-0.25, -0.2) is 4.98 Å². The van der Waals surface area contributed by atoms with E-state index < -0.39 is 0 Å². The van der Waals surface area contributed by atoms with E-state index in [1.54, 1.807) is 4.57 Å². The third kappa shape index (κ3) is 4.90. The quantitative estimate of drug-likeness (QED) is 0.381. The molecular formula is C28H30N4O4. The highest BCUT2D eigenvalue weighted by Gasteiger charge is 2.23. The molecule has 1 aliphatic rings. The summed E-state index contributed by atoms with van der Waals surface area (Å²) in [5.74, 6) is 1.02. The molecule has 186 valence electrons. The lowest BCUT2D eigenvalue weighted by Gasteiger charge is -2.21. The SMILES string of the molecule is CCc1oc2ccc(Nc3ncc(NC(=O)C4CCOCC4)c(=O)n3Cc3ccccc3)cc2c1C. The zero-order valence-electron chi connectivity index (χ0n) is 20.5. The summed E-state index contributed by atoms with van der Waals surface area (Å²) in [6.45, 7) is 5.53. The topological polar surface area (TPSA) is 98.4 Å². The lowest BCUT2D eigenvalue weighted by molar-refractivity contribution is -0.122. The minimum atomic E-state index is -0.314. The fourth-order valence-electron chi connectivity index (χ4n) is 4.60. The number of furan rings is 1. The number of rotatable bonds is 7. The molecule has 3 heterocycles. The molecule has 2 N–H and O–H groups in total. The monoisotopic (exact) mass is 486 g/mol. The van der Waals surface area contributed by atoms with Gasteiger partial charge < -0.3 is 19.8 Å². The second-order valence-electron chi connectivity index (χ2n) is 9.09. The number of anilines is 3. The van der Waals surface area contributed by atoms with Crippen LogP contribution in [0.3, 0.4) is 0 Å². The van der Waals surface area contributed by atoms with Gasteiger partial charge in [-0.05, 0) is 49.1 Å². The van der Waals surface area contributed by atoms with Gasteiger partial charge in [-0.15, -0.1) is 0 Å². The van der Waals surface area contributed by atoms with Crippen LogP contribution in [0.25, 0.3) is 11.0 Å². The average Bonchev–Trinajstić information content (AvgIpc) is 3.23. The molecule has 1 saturated heterocycles. The summed E-state index contributed by atoms with van der Waals surface area (Å²) in [7, 11) is 0. The number of ether oxygens (including phenoxy) is 1. The molecule has 2 aromatic carbocycles. The maximum Gasteiger partial charge on any atom is 0.279 e. The molecule has 0 atom stereocenters. The predicted octanol–water partition coefficient (Wildman–Crippen LogP) is 5.02. The van der Waals surface area contributed by atoms with E-state index >= 15 is 0 Å². The summed E-state index contributed by atoms with van der Waals surface area (Å²) in [6.07, 6.45) is 3.54. The summed E-state index contributed by atoms with van der Waals surface area (Å²) >= 11 is 0. The zero-order valence-corrected chi connectivity index (χ0v) is 20.5. The van der Waals surface area contributed by atoms with E-state index in [2.05, 4.69) is 22.5 Å². The molecule has 0 aliphatic carbocycles. The van der Waals surface area contributed by atoms with Gasteiger partial charge in [-0.2, -0.15) is 0 Å². The Morgan fingerprint density at radius 3 is 2.67 bits per heavy atom. The molecule has 8 heteroatoms. The fourth-order valence-corrected chi connectivity index (χ4v) is 4.60. The number of hydrogen-bond donors (Lipinski definition) is 2. The highest BCUT2D eigenvalue weighted by atomic mass is 16.5. The van der Waals surface area contributed by atoms with E-state index in [4.69, 9.17) is 9.15 Å². The lowest BCUT2D eigenvalue weighted by Crippen LogP contribution is -2.33. The molecule has 0 saturated carbocycles. The Bertz CT molecular complexity index is 1440. The second-order valence-corrected chi connectivity index (χ2v) is 9.09. The third-order valence-electron chi connectivity index (χ3n) is 6.69. The average molecular weight is 487 g/mol. The van der Waals surface area contributed by atoms with Crippen LogP contribution in [0.1, 0.15) is 36.7 Å². The molecule has 5 rings (SSSR count). The first-order valence-electron chi connectivity index (χ1n) is 12.3.